The Bertz CT molecular complexity index is 785. The Morgan fingerprint density at radius 1 is 1.17 bits per heavy atom. The van der Waals surface area contributed by atoms with E-state index in [1.54, 1.807) is 35.1 Å². The Kier molecular flexibility index (Phi) is 7.18. The van der Waals surface area contributed by atoms with Gasteiger partial charge in [-0.2, -0.15) is 0 Å². The summed E-state index contributed by atoms with van der Waals surface area (Å²) in [6.45, 7) is 7.16. The lowest BCUT2D eigenvalue weighted by molar-refractivity contribution is -0.121. The van der Waals surface area contributed by atoms with E-state index in [4.69, 9.17) is 4.74 Å². The van der Waals surface area contributed by atoms with Gasteiger partial charge in [0.15, 0.2) is 0 Å². The lowest BCUT2D eigenvalue weighted by atomic mass is 9.96. The van der Waals surface area contributed by atoms with Crippen LogP contribution in [0.2, 0.25) is 0 Å². The van der Waals surface area contributed by atoms with Gasteiger partial charge in [0.1, 0.15) is 5.75 Å². The molecule has 0 saturated carbocycles. The summed E-state index contributed by atoms with van der Waals surface area (Å²) >= 11 is 0. The zero-order chi connectivity index (χ0) is 21.7. The van der Waals surface area contributed by atoms with Gasteiger partial charge >= 0.3 is 6.03 Å². The second-order valence-corrected chi connectivity index (χ2v) is 7.74. The molecule has 1 N–H and O–H groups in total. The fraction of sp³-hybridized carbons (Fsp3) is 0.591. The van der Waals surface area contributed by atoms with Crippen molar-refractivity contribution >= 4 is 29.2 Å². The van der Waals surface area contributed by atoms with Crippen molar-refractivity contribution in [2.45, 2.75) is 39.5 Å². The summed E-state index contributed by atoms with van der Waals surface area (Å²) in [5, 5.41) is 2.98. The zero-order valence-electron chi connectivity index (χ0n) is 18.1. The highest BCUT2D eigenvalue weighted by molar-refractivity contribution is 5.99. The number of benzene rings is 1. The molecule has 0 spiro atoms. The number of carbonyl (C=O) groups excluding carboxylic acids is 3. The Balaban J connectivity index is 1.61. The van der Waals surface area contributed by atoms with Crippen LogP contribution in [0.15, 0.2) is 18.2 Å². The monoisotopic (exact) mass is 416 g/mol. The average molecular weight is 417 g/mol. The number of piperidine rings is 1. The first-order valence-corrected chi connectivity index (χ1v) is 10.8. The van der Waals surface area contributed by atoms with Gasteiger partial charge in [-0.25, -0.2) is 4.79 Å². The number of likely N-dealkylation sites (tertiary alicyclic amines) is 1. The molecule has 0 unspecified atom stereocenters. The molecule has 4 amide bonds. The van der Waals surface area contributed by atoms with Crippen LogP contribution in [0.25, 0.3) is 0 Å². The molecule has 2 aliphatic heterocycles. The number of urea groups is 1. The summed E-state index contributed by atoms with van der Waals surface area (Å²) in [4.78, 5) is 42.8. The molecule has 3 rings (SSSR count). The summed E-state index contributed by atoms with van der Waals surface area (Å²) in [5.74, 6) is 0.506. The van der Waals surface area contributed by atoms with Crippen LogP contribution in [-0.4, -0.2) is 67.5 Å². The number of rotatable bonds is 6. The standard InChI is InChI=1S/C22H32N4O4/c1-4-24(5-2)22(29)25-13-10-16(11-14-25)21(28)23-17-8-9-19(30-3)18(15-17)26-12-6-7-20(26)27/h8-9,15-16H,4-7,10-14H2,1-3H3,(H,23,28). The van der Waals surface area contributed by atoms with E-state index in [1.807, 2.05) is 18.7 Å². The molecular formula is C22H32N4O4. The van der Waals surface area contributed by atoms with Crippen molar-refractivity contribution in [3.63, 3.8) is 0 Å². The molecule has 164 valence electrons. The van der Waals surface area contributed by atoms with E-state index in [2.05, 4.69) is 5.32 Å². The van der Waals surface area contributed by atoms with Crippen molar-refractivity contribution < 1.29 is 19.1 Å². The largest absolute Gasteiger partial charge is 0.495 e. The van der Waals surface area contributed by atoms with E-state index < -0.39 is 0 Å². The summed E-state index contributed by atoms with van der Waals surface area (Å²) in [6, 6.07) is 5.43. The lowest BCUT2D eigenvalue weighted by Gasteiger charge is -2.34. The fourth-order valence-electron chi connectivity index (χ4n) is 4.15. The highest BCUT2D eigenvalue weighted by atomic mass is 16.5. The normalized spacial score (nSPS) is 17.2. The topological polar surface area (TPSA) is 82.2 Å². The molecule has 1 aromatic carbocycles. The molecule has 2 fully saturated rings. The van der Waals surface area contributed by atoms with Crippen LogP contribution in [0.4, 0.5) is 16.2 Å². The third kappa shape index (κ3) is 4.68. The van der Waals surface area contributed by atoms with Gasteiger partial charge < -0.3 is 24.8 Å². The molecule has 0 aliphatic carbocycles. The van der Waals surface area contributed by atoms with Crippen LogP contribution in [0.5, 0.6) is 5.75 Å². The van der Waals surface area contributed by atoms with Crippen LogP contribution < -0.4 is 15.0 Å². The first-order chi connectivity index (χ1) is 14.5. The van der Waals surface area contributed by atoms with Crippen LogP contribution in [-0.2, 0) is 9.59 Å². The second kappa shape index (κ2) is 9.82. The molecule has 30 heavy (non-hydrogen) atoms. The van der Waals surface area contributed by atoms with Crippen LogP contribution in [0.1, 0.15) is 39.5 Å². The van der Waals surface area contributed by atoms with Gasteiger partial charge in [-0.3, -0.25) is 9.59 Å². The number of hydrogen-bond acceptors (Lipinski definition) is 4. The maximum absolute atomic E-state index is 12.8. The van der Waals surface area contributed by atoms with Crippen LogP contribution >= 0.6 is 0 Å². The van der Waals surface area contributed by atoms with Crippen molar-refractivity contribution in [2.75, 3.05) is 50.1 Å². The molecule has 2 saturated heterocycles. The van der Waals surface area contributed by atoms with E-state index in [-0.39, 0.29) is 23.8 Å². The minimum atomic E-state index is -0.135. The third-order valence-electron chi connectivity index (χ3n) is 5.98. The number of ether oxygens (including phenoxy) is 1. The molecular weight excluding hydrogens is 384 g/mol. The second-order valence-electron chi connectivity index (χ2n) is 7.74. The van der Waals surface area contributed by atoms with Crippen LogP contribution in [0.3, 0.4) is 0 Å². The predicted molar refractivity (Wildman–Crippen MR) is 116 cm³/mol. The predicted octanol–water partition coefficient (Wildman–Crippen LogP) is 2.93. The molecule has 0 atom stereocenters. The van der Waals surface area contributed by atoms with Gasteiger partial charge in [-0.1, -0.05) is 0 Å². The lowest BCUT2D eigenvalue weighted by Crippen LogP contribution is -2.47. The van der Waals surface area contributed by atoms with Gasteiger partial charge in [-0.15, -0.1) is 0 Å². The molecule has 8 nitrogen and oxygen atoms in total. The van der Waals surface area contributed by atoms with E-state index in [0.717, 1.165) is 6.42 Å². The summed E-state index contributed by atoms with van der Waals surface area (Å²) in [7, 11) is 1.57. The van der Waals surface area contributed by atoms with Gasteiger partial charge in [0.25, 0.3) is 0 Å². The van der Waals surface area contributed by atoms with E-state index in [1.165, 1.54) is 0 Å². The number of hydrogen-bond donors (Lipinski definition) is 1. The smallest absolute Gasteiger partial charge is 0.319 e. The molecule has 2 aliphatic rings. The van der Waals surface area contributed by atoms with Crippen molar-refractivity contribution in [3.05, 3.63) is 18.2 Å². The third-order valence-corrected chi connectivity index (χ3v) is 5.98. The zero-order valence-corrected chi connectivity index (χ0v) is 18.1. The van der Waals surface area contributed by atoms with E-state index in [0.29, 0.717) is 69.1 Å². The molecule has 0 aromatic heterocycles. The maximum atomic E-state index is 12.8. The fourth-order valence-corrected chi connectivity index (χ4v) is 4.15. The first kappa shape index (κ1) is 21.9. The number of amides is 4. The number of methoxy groups -OCH3 is 1. The molecule has 0 bridgehead atoms. The van der Waals surface area contributed by atoms with Gasteiger partial charge in [0, 0.05) is 50.7 Å². The van der Waals surface area contributed by atoms with Crippen molar-refractivity contribution in [2.24, 2.45) is 5.92 Å². The quantitative estimate of drug-likeness (QED) is 0.773. The van der Waals surface area contributed by atoms with Gasteiger partial charge in [0.2, 0.25) is 11.8 Å². The minimum absolute atomic E-state index is 0.0474. The average Bonchev–Trinajstić information content (AvgIpc) is 3.20. The number of nitrogens with zero attached hydrogens (tertiary/aromatic N) is 3. The van der Waals surface area contributed by atoms with Crippen molar-refractivity contribution in [1.29, 1.82) is 0 Å². The number of nitrogens with one attached hydrogen (secondary N) is 1. The highest BCUT2D eigenvalue weighted by Crippen LogP contribution is 2.34. The van der Waals surface area contributed by atoms with E-state index in [9.17, 15) is 14.4 Å². The Morgan fingerprint density at radius 2 is 1.87 bits per heavy atom. The summed E-state index contributed by atoms with van der Waals surface area (Å²) < 4.78 is 5.41. The minimum Gasteiger partial charge on any atom is -0.495 e. The van der Waals surface area contributed by atoms with Crippen molar-refractivity contribution in [3.8, 4) is 5.75 Å². The molecule has 8 heteroatoms. The van der Waals surface area contributed by atoms with Gasteiger partial charge in [-0.05, 0) is 51.3 Å². The molecule has 0 radical (unpaired) electrons. The Labute approximate surface area is 178 Å². The summed E-state index contributed by atoms with van der Waals surface area (Å²) in [5.41, 5.74) is 1.34. The summed E-state index contributed by atoms with van der Waals surface area (Å²) in [6.07, 6.45) is 2.65. The maximum Gasteiger partial charge on any atom is 0.319 e. The first-order valence-electron chi connectivity index (χ1n) is 10.8. The highest BCUT2D eigenvalue weighted by Gasteiger charge is 2.29. The Morgan fingerprint density at radius 3 is 2.43 bits per heavy atom. The number of anilines is 2. The van der Waals surface area contributed by atoms with Crippen molar-refractivity contribution in [1.82, 2.24) is 9.80 Å². The molecule has 1 aromatic rings. The Hall–Kier alpha value is -2.77. The van der Waals surface area contributed by atoms with Crippen LogP contribution in [0, 0.1) is 5.92 Å². The SMILES string of the molecule is CCN(CC)C(=O)N1CCC(C(=O)Nc2ccc(OC)c(N3CCCC3=O)c2)CC1. The number of carbonyl (C=O) groups is 3. The van der Waals surface area contributed by atoms with Gasteiger partial charge in [0.05, 0.1) is 12.8 Å². The molecule has 2 heterocycles. The van der Waals surface area contributed by atoms with E-state index >= 15 is 0 Å².